The molecule has 1 aromatic rings. The molecular weight excluding hydrogens is 462 g/mol. The standard InChI is InChI=1S/C19H27FN4O2.HI/c1-21-19(23-16-11-14-3-5-18(16)26-14)22-12-13-2-4-17(15(20)10-13)24-6-8-25-9-7-24;/h2,4,10,14,16,18H,3,5-9,11-12H2,1H3,(H2,21,22,23);1H. The predicted molar refractivity (Wildman–Crippen MR) is 114 cm³/mol. The number of nitrogens with zero attached hydrogens (tertiary/aromatic N) is 2. The molecular formula is C19H28FIN4O2. The zero-order chi connectivity index (χ0) is 17.9. The Balaban J connectivity index is 0.00000210. The molecule has 3 aliphatic heterocycles. The maximum absolute atomic E-state index is 14.5. The average molecular weight is 490 g/mol. The van der Waals surface area contributed by atoms with Crippen LogP contribution in [0.15, 0.2) is 23.2 Å². The van der Waals surface area contributed by atoms with E-state index in [0.717, 1.165) is 37.5 Å². The van der Waals surface area contributed by atoms with Crippen LogP contribution in [-0.4, -0.2) is 57.6 Å². The summed E-state index contributed by atoms with van der Waals surface area (Å²) < 4.78 is 25.7. The second-order valence-electron chi connectivity index (χ2n) is 7.17. The molecule has 2 bridgehead atoms. The summed E-state index contributed by atoms with van der Waals surface area (Å²) in [4.78, 5) is 6.32. The van der Waals surface area contributed by atoms with Crippen LogP contribution in [-0.2, 0) is 16.0 Å². The minimum Gasteiger partial charge on any atom is -0.378 e. The molecule has 4 rings (SSSR count). The highest BCUT2D eigenvalue weighted by atomic mass is 127. The fourth-order valence-corrected chi connectivity index (χ4v) is 4.07. The number of guanidine groups is 1. The monoisotopic (exact) mass is 490 g/mol. The van der Waals surface area contributed by atoms with Crippen LogP contribution in [0.1, 0.15) is 24.8 Å². The molecule has 150 valence electrons. The third kappa shape index (κ3) is 4.83. The van der Waals surface area contributed by atoms with Gasteiger partial charge in [0.1, 0.15) is 5.82 Å². The molecule has 3 unspecified atom stereocenters. The number of hydrogen-bond acceptors (Lipinski definition) is 4. The third-order valence-corrected chi connectivity index (χ3v) is 5.48. The zero-order valence-electron chi connectivity index (χ0n) is 15.6. The molecule has 0 aliphatic carbocycles. The lowest BCUT2D eigenvalue weighted by atomic mass is 9.96. The lowest BCUT2D eigenvalue weighted by Gasteiger charge is -2.29. The van der Waals surface area contributed by atoms with E-state index in [-0.39, 0.29) is 29.8 Å². The molecule has 27 heavy (non-hydrogen) atoms. The molecule has 0 radical (unpaired) electrons. The summed E-state index contributed by atoms with van der Waals surface area (Å²) >= 11 is 0. The highest BCUT2D eigenvalue weighted by Crippen LogP contribution is 2.34. The van der Waals surface area contributed by atoms with Gasteiger partial charge in [-0.1, -0.05) is 6.07 Å². The number of hydrogen-bond donors (Lipinski definition) is 2. The number of aliphatic imine (C=N–C) groups is 1. The minimum absolute atomic E-state index is 0. The fourth-order valence-electron chi connectivity index (χ4n) is 4.07. The third-order valence-electron chi connectivity index (χ3n) is 5.48. The Hall–Kier alpha value is -1.13. The second kappa shape index (κ2) is 9.38. The number of morpholine rings is 1. The van der Waals surface area contributed by atoms with E-state index in [2.05, 4.69) is 15.6 Å². The molecule has 0 saturated carbocycles. The zero-order valence-corrected chi connectivity index (χ0v) is 17.9. The minimum atomic E-state index is -0.185. The number of benzene rings is 1. The number of anilines is 1. The van der Waals surface area contributed by atoms with Gasteiger partial charge in [-0.2, -0.15) is 0 Å². The first-order chi connectivity index (χ1) is 12.7. The van der Waals surface area contributed by atoms with Gasteiger partial charge in [0.15, 0.2) is 5.96 Å². The largest absolute Gasteiger partial charge is 0.378 e. The van der Waals surface area contributed by atoms with Crippen molar-refractivity contribution in [3.05, 3.63) is 29.6 Å². The van der Waals surface area contributed by atoms with Gasteiger partial charge >= 0.3 is 0 Å². The summed E-state index contributed by atoms with van der Waals surface area (Å²) in [6.45, 7) is 3.30. The van der Waals surface area contributed by atoms with Crippen LogP contribution in [0.4, 0.5) is 10.1 Å². The lowest BCUT2D eigenvalue weighted by molar-refractivity contribution is 0.0992. The Bertz CT molecular complexity index is 669. The molecule has 3 heterocycles. The van der Waals surface area contributed by atoms with E-state index in [1.807, 2.05) is 17.0 Å². The molecule has 3 atom stereocenters. The van der Waals surface area contributed by atoms with Crippen molar-refractivity contribution in [2.45, 2.75) is 44.1 Å². The van der Waals surface area contributed by atoms with Crippen molar-refractivity contribution < 1.29 is 13.9 Å². The Labute approximate surface area is 176 Å². The van der Waals surface area contributed by atoms with Crippen LogP contribution in [0.2, 0.25) is 0 Å². The van der Waals surface area contributed by atoms with Crippen LogP contribution in [0.3, 0.4) is 0 Å². The van der Waals surface area contributed by atoms with Crippen molar-refractivity contribution in [1.29, 1.82) is 0 Å². The van der Waals surface area contributed by atoms with Crippen molar-refractivity contribution >= 4 is 35.6 Å². The van der Waals surface area contributed by atoms with Crippen molar-refractivity contribution in [2.24, 2.45) is 4.99 Å². The van der Waals surface area contributed by atoms with E-state index in [9.17, 15) is 4.39 Å². The van der Waals surface area contributed by atoms with Crippen LogP contribution >= 0.6 is 24.0 Å². The van der Waals surface area contributed by atoms with Crippen LogP contribution in [0, 0.1) is 5.82 Å². The van der Waals surface area contributed by atoms with Crippen LogP contribution < -0.4 is 15.5 Å². The Morgan fingerprint density at radius 3 is 2.74 bits per heavy atom. The number of rotatable bonds is 4. The molecule has 6 nitrogen and oxygen atoms in total. The average Bonchev–Trinajstić information content (AvgIpc) is 3.29. The second-order valence-corrected chi connectivity index (χ2v) is 7.17. The first-order valence-electron chi connectivity index (χ1n) is 9.46. The fraction of sp³-hybridized carbons (Fsp3) is 0.632. The first-order valence-corrected chi connectivity index (χ1v) is 9.46. The molecule has 2 N–H and O–H groups in total. The van der Waals surface area contributed by atoms with Crippen molar-refractivity contribution in [1.82, 2.24) is 10.6 Å². The molecule has 3 saturated heterocycles. The summed E-state index contributed by atoms with van der Waals surface area (Å²) in [6, 6.07) is 5.75. The molecule has 0 amide bonds. The smallest absolute Gasteiger partial charge is 0.191 e. The number of ether oxygens (including phenoxy) is 2. The Morgan fingerprint density at radius 1 is 1.30 bits per heavy atom. The van der Waals surface area contributed by atoms with Gasteiger partial charge in [-0.05, 0) is 37.0 Å². The SMILES string of the molecule is CN=C(NCc1ccc(N2CCOCC2)c(F)c1)NC1CC2CCC1O2.I. The van der Waals surface area contributed by atoms with Crippen LogP contribution in [0.25, 0.3) is 0 Å². The highest BCUT2D eigenvalue weighted by Gasteiger charge is 2.41. The lowest BCUT2D eigenvalue weighted by Crippen LogP contribution is -2.47. The van der Waals surface area contributed by atoms with Gasteiger partial charge in [-0.15, -0.1) is 24.0 Å². The van der Waals surface area contributed by atoms with E-state index in [0.29, 0.717) is 43.7 Å². The molecule has 3 fully saturated rings. The quantitative estimate of drug-likeness (QED) is 0.386. The number of halogens is 2. The molecule has 0 aromatic heterocycles. The highest BCUT2D eigenvalue weighted by molar-refractivity contribution is 14.0. The van der Waals surface area contributed by atoms with Gasteiger partial charge in [0, 0.05) is 26.7 Å². The van der Waals surface area contributed by atoms with E-state index in [1.165, 1.54) is 6.42 Å². The predicted octanol–water partition coefficient (Wildman–Crippen LogP) is 2.27. The topological polar surface area (TPSA) is 58.1 Å². The van der Waals surface area contributed by atoms with Gasteiger partial charge in [0.05, 0.1) is 37.2 Å². The normalized spacial score (nSPS) is 27.4. The van der Waals surface area contributed by atoms with Gasteiger partial charge in [0.2, 0.25) is 0 Å². The molecule has 8 heteroatoms. The Morgan fingerprint density at radius 2 is 2.11 bits per heavy atom. The van der Waals surface area contributed by atoms with E-state index < -0.39 is 0 Å². The number of nitrogens with one attached hydrogen (secondary N) is 2. The Kier molecular flexibility index (Phi) is 7.16. The number of fused-ring (bicyclic) bond motifs is 2. The van der Waals surface area contributed by atoms with Crippen LogP contribution in [0.5, 0.6) is 0 Å². The molecule has 3 aliphatic rings. The van der Waals surface area contributed by atoms with Crippen molar-refractivity contribution in [2.75, 3.05) is 38.3 Å². The maximum atomic E-state index is 14.5. The molecule has 1 aromatic carbocycles. The van der Waals surface area contributed by atoms with Crippen molar-refractivity contribution in [3.63, 3.8) is 0 Å². The van der Waals surface area contributed by atoms with E-state index >= 15 is 0 Å². The maximum Gasteiger partial charge on any atom is 0.191 e. The summed E-state index contributed by atoms with van der Waals surface area (Å²) in [7, 11) is 1.76. The van der Waals surface area contributed by atoms with E-state index in [4.69, 9.17) is 9.47 Å². The summed E-state index contributed by atoms with van der Waals surface area (Å²) in [5.74, 6) is 0.555. The summed E-state index contributed by atoms with van der Waals surface area (Å²) in [5.41, 5.74) is 1.55. The first kappa shape index (κ1) is 20.6. The van der Waals surface area contributed by atoms with Gasteiger partial charge in [-0.3, -0.25) is 4.99 Å². The van der Waals surface area contributed by atoms with Gasteiger partial charge in [0.25, 0.3) is 0 Å². The van der Waals surface area contributed by atoms with Gasteiger partial charge < -0.3 is 25.0 Å². The summed E-state index contributed by atoms with van der Waals surface area (Å²) in [5, 5.41) is 6.72. The van der Waals surface area contributed by atoms with E-state index in [1.54, 1.807) is 13.1 Å². The summed E-state index contributed by atoms with van der Waals surface area (Å²) in [6.07, 6.45) is 4.02. The van der Waals surface area contributed by atoms with Gasteiger partial charge in [-0.25, -0.2) is 4.39 Å². The molecule has 0 spiro atoms. The van der Waals surface area contributed by atoms with Crippen molar-refractivity contribution in [3.8, 4) is 0 Å².